The van der Waals surface area contributed by atoms with Gasteiger partial charge < -0.3 is 9.47 Å². The molecule has 0 fully saturated rings. The number of hydrogen-bond donors (Lipinski definition) is 0. The molecule has 1 aromatic rings. The van der Waals surface area contributed by atoms with Gasteiger partial charge in [-0.2, -0.15) is 5.26 Å². The van der Waals surface area contributed by atoms with Crippen LogP contribution in [-0.4, -0.2) is 26.3 Å². The van der Waals surface area contributed by atoms with Gasteiger partial charge in [0, 0.05) is 7.11 Å². The van der Waals surface area contributed by atoms with Gasteiger partial charge in [-0.05, 0) is 18.2 Å². The molecule has 0 saturated heterocycles. The Hall–Kier alpha value is -1.86. The van der Waals surface area contributed by atoms with Gasteiger partial charge in [0.25, 0.3) is 0 Å². The summed E-state index contributed by atoms with van der Waals surface area (Å²) in [4.78, 5) is 11.4. The lowest BCUT2D eigenvalue weighted by atomic mass is 10.1. The fourth-order valence-electron chi connectivity index (χ4n) is 1.02. The van der Waals surface area contributed by atoms with Crippen molar-refractivity contribution < 1.29 is 14.3 Å². The van der Waals surface area contributed by atoms with Crippen LogP contribution in [0.3, 0.4) is 0 Å². The van der Waals surface area contributed by atoms with Crippen LogP contribution in [0.15, 0.2) is 24.3 Å². The molecule has 0 saturated carbocycles. The van der Waals surface area contributed by atoms with Crippen LogP contribution in [-0.2, 0) is 9.47 Å². The van der Waals surface area contributed by atoms with Crippen molar-refractivity contribution in [3.05, 3.63) is 35.4 Å². The number of nitriles is 1. The van der Waals surface area contributed by atoms with Gasteiger partial charge in [0.2, 0.25) is 0 Å². The molecule has 0 atom stereocenters. The lowest BCUT2D eigenvalue weighted by Crippen LogP contribution is -2.09. The lowest BCUT2D eigenvalue weighted by Gasteiger charge is -2.03. The Morgan fingerprint density at radius 3 is 2.93 bits per heavy atom. The topological polar surface area (TPSA) is 59.3 Å². The molecule has 78 valence electrons. The van der Waals surface area contributed by atoms with Crippen LogP contribution >= 0.6 is 0 Å². The van der Waals surface area contributed by atoms with Crippen molar-refractivity contribution in [2.45, 2.75) is 0 Å². The molecule has 0 aliphatic carbocycles. The van der Waals surface area contributed by atoms with Crippen LogP contribution < -0.4 is 0 Å². The lowest BCUT2D eigenvalue weighted by molar-refractivity contribution is 0.0388. The minimum absolute atomic E-state index is 0.214. The number of carbonyl (C=O) groups excluding carboxylic acids is 1. The Kier molecular flexibility index (Phi) is 4.32. The maximum atomic E-state index is 11.4. The molecule has 0 amide bonds. The van der Waals surface area contributed by atoms with Crippen molar-refractivity contribution in [3.8, 4) is 6.07 Å². The van der Waals surface area contributed by atoms with E-state index in [4.69, 9.17) is 14.7 Å². The van der Waals surface area contributed by atoms with Crippen molar-refractivity contribution in [2.75, 3.05) is 20.3 Å². The van der Waals surface area contributed by atoms with Crippen LogP contribution in [0.1, 0.15) is 15.9 Å². The monoisotopic (exact) mass is 205 g/mol. The summed E-state index contributed by atoms with van der Waals surface area (Å²) < 4.78 is 9.64. The third-order valence-electron chi connectivity index (χ3n) is 1.75. The van der Waals surface area contributed by atoms with E-state index in [0.717, 1.165) is 0 Å². The van der Waals surface area contributed by atoms with Crippen LogP contribution in [0.2, 0.25) is 0 Å². The average Bonchev–Trinajstić information content (AvgIpc) is 2.29. The number of esters is 1. The summed E-state index contributed by atoms with van der Waals surface area (Å²) in [5.74, 6) is -0.441. The maximum absolute atomic E-state index is 11.4. The SMILES string of the molecule is COCCOC(=O)c1cccc(C#N)c1. The highest BCUT2D eigenvalue weighted by atomic mass is 16.6. The third kappa shape index (κ3) is 3.41. The first kappa shape index (κ1) is 11.2. The number of benzene rings is 1. The summed E-state index contributed by atoms with van der Waals surface area (Å²) >= 11 is 0. The highest BCUT2D eigenvalue weighted by molar-refractivity contribution is 5.89. The second-order valence-electron chi connectivity index (χ2n) is 2.82. The second kappa shape index (κ2) is 5.78. The van der Waals surface area contributed by atoms with Gasteiger partial charge >= 0.3 is 5.97 Å². The predicted octanol–water partition coefficient (Wildman–Crippen LogP) is 1.36. The van der Waals surface area contributed by atoms with Crippen molar-refractivity contribution in [3.63, 3.8) is 0 Å². The number of methoxy groups -OCH3 is 1. The highest BCUT2D eigenvalue weighted by Gasteiger charge is 2.06. The van der Waals surface area contributed by atoms with E-state index < -0.39 is 5.97 Å². The molecular formula is C11H11NO3. The van der Waals surface area contributed by atoms with Crippen molar-refractivity contribution >= 4 is 5.97 Å². The van der Waals surface area contributed by atoms with Crippen LogP contribution in [0.25, 0.3) is 0 Å². The zero-order valence-corrected chi connectivity index (χ0v) is 8.40. The Morgan fingerprint density at radius 2 is 2.27 bits per heavy atom. The molecular weight excluding hydrogens is 194 g/mol. The zero-order valence-electron chi connectivity index (χ0n) is 8.40. The molecule has 1 aromatic carbocycles. The van der Waals surface area contributed by atoms with E-state index in [0.29, 0.717) is 17.7 Å². The molecule has 0 radical (unpaired) electrons. The van der Waals surface area contributed by atoms with E-state index >= 15 is 0 Å². The summed E-state index contributed by atoms with van der Waals surface area (Å²) in [5.41, 5.74) is 0.821. The predicted molar refractivity (Wildman–Crippen MR) is 53.3 cm³/mol. The van der Waals surface area contributed by atoms with Crippen molar-refractivity contribution in [1.82, 2.24) is 0 Å². The number of carbonyl (C=O) groups is 1. The van der Waals surface area contributed by atoms with E-state index in [1.165, 1.54) is 13.2 Å². The Bertz CT molecular complexity index is 382. The first-order chi connectivity index (χ1) is 7.27. The van der Waals surface area contributed by atoms with Crippen LogP contribution in [0, 0.1) is 11.3 Å². The van der Waals surface area contributed by atoms with Gasteiger partial charge in [0.05, 0.1) is 23.8 Å². The van der Waals surface area contributed by atoms with Gasteiger partial charge in [0.1, 0.15) is 6.61 Å². The van der Waals surface area contributed by atoms with Crippen molar-refractivity contribution in [2.24, 2.45) is 0 Å². The smallest absolute Gasteiger partial charge is 0.338 e. The normalized spacial score (nSPS) is 9.33. The van der Waals surface area contributed by atoms with E-state index in [-0.39, 0.29) is 6.61 Å². The Balaban J connectivity index is 2.62. The van der Waals surface area contributed by atoms with Crippen LogP contribution in [0.4, 0.5) is 0 Å². The zero-order chi connectivity index (χ0) is 11.1. The molecule has 0 aliphatic rings. The highest BCUT2D eigenvalue weighted by Crippen LogP contribution is 2.05. The summed E-state index contributed by atoms with van der Waals surface area (Å²) in [6.45, 7) is 0.579. The summed E-state index contributed by atoms with van der Waals surface area (Å²) in [5, 5.41) is 8.64. The largest absolute Gasteiger partial charge is 0.460 e. The molecule has 1 rings (SSSR count). The van der Waals surface area contributed by atoms with E-state index in [9.17, 15) is 4.79 Å². The van der Waals surface area contributed by atoms with Gasteiger partial charge in [0.15, 0.2) is 0 Å². The maximum Gasteiger partial charge on any atom is 0.338 e. The molecule has 4 heteroatoms. The fraction of sp³-hybridized carbons (Fsp3) is 0.273. The third-order valence-corrected chi connectivity index (χ3v) is 1.75. The summed E-state index contributed by atoms with van der Waals surface area (Å²) in [7, 11) is 1.53. The van der Waals surface area contributed by atoms with E-state index in [1.54, 1.807) is 18.2 Å². The van der Waals surface area contributed by atoms with Crippen LogP contribution in [0.5, 0.6) is 0 Å². The number of hydrogen-bond acceptors (Lipinski definition) is 4. The minimum Gasteiger partial charge on any atom is -0.460 e. The summed E-state index contributed by atoms with van der Waals surface area (Å²) in [6.07, 6.45) is 0. The van der Waals surface area contributed by atoms with Gasteiger partial charge in [-0.1, -0.05) is 6.07 Å². The molecule has 0 heterocycles. The molecule has 0 bridgehead atoms. The molecule has 0 N–H and O–H groups in total. The molecule has 15 heavy (non-hydrogen) atoms. The Morgan fingerprint density at radius 1 is 1.47 bits per heavy atom. The average molecular weight is 205 g/mol. The second-order valence-corrected chi connectivity index (χ2v) is 2.82. The fourth-order valence-corrected chi connectivity index (χ4v) is 1.02. The minimum atomic E-state index is -0.441. The van der Waals surface area contributed by atoms with Gasteiger partial charge in [-0.3, -0.25) is 0 Å². The molecule has 0 aliphatic heterocycles. The first-order valence-corrected chi connectivity index (χ1v) is 4.44. The van der Waals surface area contributed by atoms with Gasteiger partial charge in [-0.25, -0.2) is 4.79 Å². The standard InChI is InChI=1S/C11H11NO3/c1-14-5-6-15-11(13)10-4-2-3-9(7-10)8-12/h2-4,7H,5-6H2,1H3. The molecule has 0 spiro atoms. The quantitative estimate of drug-likeness (QED) is 0.550. The number of nitrogens with zero attached hydrogens (tertiary/aromatic N) is 1. The van der Waals surface area contributed by atoms with E-state index in [2.05, 4.69) is 0 Å². The first-order valence-electron chi connectivity index (χ1n) is 4.44. The molecule has 4 nitrogen and oxygen atoms in total. The number of rotatable bonds is 4. The van der Waals surface area contributed by atoms with Gasteiger partial charge in [-0.15, -0.1) is 0 Å². The Labute approximate surface area is 88.0 Å². The molecule has 0 unspecified atom stereocenters. The summed E-state index contributed by atoms with van der Waals surface area (Å²) in [6, 6.07) is 8.33. The van der Waals surface area contributed by atoms with E-state index in [1.807, 2.05) is 6.07 Å². The number of ether oxygens (including phenoxy) is 2. The molecule has 0 aromatic heterocycles. The van der Waals surface area contributed by atoms with Crippen molar-refractivity contribution in [1.29, 1.82) is 5.26 Å².